The summed E-state index contributed by atoms with van der Waals surface area (Å²) < 4.78 is 11.9. The van der Waals surface area contributed by atoms with E-state index >= 15 is 0 Å². The molecule has 4 aromatic carbocycles. The Hall–Kier alpha value is -3.52. The molecule has 0 aliphatic heterocycles. The maximum Gasteiger partial charge on any atom is 0.127 e. The predicted molar refractivity (Wildman–Crippen MR) is 123 cm³/mol. The van der Waals surface area contributed by atoms with Gasteiger partial charge < -0.3 is 9.47 Å². The third-order valence-corrected chi connectivity index (χ3v) is 5.65. The van der Waals surface area contributed by atoms with E-state index in [1.165, 1.54) is 11.1 Å². The van der Waals surface area contributed by atoms with Crippen LogP contribution in [-0.2, 0) is 5.41 Å². The van der Waals surface area contributed by atoms with Crippen molar-refractivity contribution in [3.8, 4) is 23.0 Å². The van der Waals surface area contributed by atoms with Crippen LogP contribution in [-0.4, -0.2) is 0 Å². The Labute approximate surface area is 178 Å². The molecule has 0 heterocycles. The van der Waals surface area contributed by atoms with Crippen LogP contribution in [0, 0.1) is 0 Å². The Bertz CT molecular complexity index is 968. The van der Waals surface area contributed by atoms with Gasteiger partial charge in [0.2, 0.25) is 0 Å². The fraction of sp³-hybridized carbons (Fsp3) is 0.143. The van der Waals surface area contributed by atoms with Crippen LogP contribution in [0.4, 0.5) is 0 Å². The van der Waals surface area contributed by atoms with Crippen molar-refractivity contribution in [1.82, 2.24) is 0 Å². The maximum atomic E-state index is 5.94. The monoisotopic (exact) mass is 394 g/mol. The first kappa shape index (κ1) is 19.8. The van der Waals surface area contributed by atoms with Crippen LogP contribution in [0.25, 0.3) is 0 Å². The molecule has 0 amide bonds. The highest BCUT2D eigenvalue weighted by molar-refractivity contribution is 5.44. The molecule has 0 aromatic heterocycles. The minimum absolute atomic E-state index is 0.0868. The second-order valence-corrected chi connectivity index (χ2v) is 7.56. The maximum absolute atomic E-state index is 5.94. The highest BCUT2D eigenvalue weighted by Gasteiger charge is 2.27. The Morgan fingerprint density at radius 1 is 0.500 bits per heavy atom. The van der Waals surface area contributed by atoms with E-state index in [-0.39, 0.29) is 5.41 Å². The standard InChI is InChI=1S/C28H26O2/c1-3-28(2,22-14-18-26(19-15-22)29-24-10-6-4-7-11-24)23-16-20-27(21-17-23)30-25-12-8-5-9-13-25/h4-21H,3H2,1-2H3. The first-order valence-corrected chi connectivity index (χ1v) is 10.3. The van der Waals surface area contributed by atoms with Gasteiger partial charge in [-0.1, -0.05) is 74.5 Å². The number of benzene rings is 4. The predicted octanol–water partition coefficient (Wildman–Crippen LogP) is 7.99. The lowest BCUT2D eigenvalue weighted by molar-refractivity contribution is 0.479. The van der Waals surface area contributed by atoms with Gasteiger partial charge in [0.05, 0.1) is 0 Å². The van der Waals surface area contributed by atoms with Crippen LogP contribution >= 0.6 is 0 Å². The quantitative estimate of drug-likeness (QED) is 0.316. The minimum atomic E-state index is -0.0868. The molecule has 30 heavy (non-hydrogen) atoms. The van der Waals surface area contributed by atoms with Gasteiger partial charge in [0.25, 0.3) is 0 Å². The molecule has 150 valence electrons. The summed E-state index contributed by atoms with van der Waals surface area (Å²) in [6.07, 6.45) is 0.991. The fourth-order valence-electron chi connectivity index (χ4n) is 3.61. The van der Waals surface area contributed by atoms with Crippen molar-refractivity contribution in [2.45, 2.75) is 25.7 Å². The molecule has 0 spiro atoms. The first-order valence-electron chi connectivity index (χ1n) is 10.3. The van der Waals surface area contributed by atoms with E-state index in [0.29, 0.717) is 0 Å². The van der Waals surface area contributed by atoms with Gasteiger partial charge in [-0.3, -0.25) is 0 Å². The Morgan fingerprint density at radius 3 is 1.17 bits per heavy atom. The molecule has 0 N–H and O–H groups in total. The number of rotatable bonds is 7. The zero-order valence-electron chi connectivity index (χ0n) is 17.4. The van der Waals surface area contributed by atoms with Crippen LogP contribution < -0.4 is 9.47 Å². The summed E-state index contributed by atoms with van der Waals surface area (Å²) in [6.45, 7) is 4.51. The molecule has 2 nitrogen and oxygen atoms in total. The van der Waals surface area contributed by atoms with Crippen molar-refractivity contribution in [2.24, 2.45) is 0 Å². The van der Waals surface area contributed by atoms with Crippen molar-refractivity contribution in [2.75, 3.05) is 0 Å². The van der Waals surface area contributed by atoms with Gasteiger partial charge in [-0.05, 0) is 66.1 Å². The molecule has 4 rings (SSSR count). The normalized spacial score (nSPS) is 11.1. The minimum Gasteiger partial charge on any atom is -0.457 e. The molecule has 0 saturated heterocycles. The Morgan fingerprint density at radius 2 is 0.833 bits per heavy atom. The van der Waals surface area contributed by atoms with E-state index in [1.807, 2.05) is 84.9 Å². The summed E-state index contributed by atoms with van der Waals surface area (Å²) in [6, 6.07) is 36.5. The van der Waals surface area contributed by atoms with Gasteiger partial charge in [0.15, 0.2) is 0 Å². The van der Waals surface area contributed by atoms with Crippen molar-refractivity contribution >= 4 is 0 Å². The van der Waals surface area contributed by atoms with E-state index in [0.717, 1.165) is 29.4 Å². The van der Waals surface area contributed by atoms with Crippen LogP contribution in [0.5, 0.6) is 23.0 Å². The van der Waals surface area contributed by atoms with E-state index < -0.39 is 0 Å². The molecule has 0 radical (unpaired) electrons. The number of hydrogen-bond acceptors (Lipinski definition) is 2. The lowest BCUT2D eigenvalue weighted by atomic mass is 9.74. The summed E-state index contributed by atoms with van der Waals surface area (Å²) >= 11 is 0. The summed E-state index contributed by atoms with van der Waals surface area (Å²) in [5.41, 5.74) is 2.44. The van der Waals surface area contributed by atoms with Crippen LogP contribution in [0.15, 0.2) is 109 Å². The molecule has 0 aliphatic rings. The van der Waals surface area contributed by atoms with Crippen LogP contribution in [0.1, 0.15) is 31.4 Å². The van der Waals surface area contributed by atoms with Gasteiger partial charge in [-0.25, -0.2) is 0 Å². The van der Waals surface area contributed by atoms with Crippen molar-refractivity contribution in [1.29, 1.82) is 0 Å². The lowest BCUT2D eigenvalue weighted by Crippen LogP contribution is -2.22. The summed E-state index contributed by atoms with van der Waals surface area (Å²) in [5.74, 6) is 3.38. The van der Waals surface area contributed by atoms with E-state index in [9.17, 15) is 0 Å². The van der Waals surface area contributed by atoms with Gasteiger partial charge in [-0.2, -0.15) is 0 Å². The van der Waals surface area contributed by atoms with Gasteiger partial charge in [0, 0.05) is 5.41 Å². The van der Waals surface area contributed by atoms with Crippen LogP contribution in [0.3, 0.4) is 0 Å². The van der Waals surface area contributed by atoms with E-state index in [2.05, 4.69) is 38.1 Å². The zero-order chi connectivity index (χ0) is 20.8. The second-order valence-electron chi connectivity index (χ2n) is 7.56. The highest BCUT2D eigenvalue weighted by atomic mass is 16.5. The van der Waals surface area contributed by atoms with Crippen LogP contribution in [0.2, 0.25) is 0 Å². The average molecular weight is 395 g/mol. The Kier molecular flexibility index (Phi) is 5.85. The SMILES string of the molecule is CCC(C)(c1ccc(Oc2ccccc2)cc1)c1ccc(Oc2ccccc2)cc1. The summed E-state index contributed by atoms with van der Waals surface area (Å²) in [7, 11) is 0. The first-order chi connectivity index (χ1) is 14.7. The van der Waals surface area contributed by atoms with Gasteiger partial charge in [0.1, 0.15) is 23.0 Å². The molecule has 0 unspecified atom stereocenters. The number of ether oxygens (including phenoxy) is 2. The van der Waals surface area contributed by atoms with Gasteiger partial charge >= 0.3 is 0 Å². The third-order valence-electron chi connectivity index (χ3n) is 5.65. The Balaban J connectivity index is 1.52. The van der Waals surface area contributed by atoms with E-state index in [1.54, 1.807) is 0 Å². The second kappa shape index (κ2) is 8.87. The van der Waals surface area contributed by atoms with Crippen molar-refractivity contribution in [3.63, 3.8) is 0 Å². The molecule has 0 bridgehead atoms. The number of para-hydroxylation sites is 2. The largest absolute Gasteiger partial charge is 0.457 e. The van der Waals surface area contributed by atoms with E-state index in [4.69, 9.17) is 9.47 Å². The molecule has 0 saturated carbocycles. The van der Waals surface area contributed by atoms with Crippen molar-refractivity contribution < 1.29 is 9.47 Å². The third kappa shape index (κ3) is 4.38. The molecule has 0 atom stereocenters. The summed E-state index contributed by atoms with van der Waals surface area (Å²) in [5, 5.41) is 0. The molecular formula is C28H26O2. The van der Waals surface area contributed by atoms with Crippen molar-refractivity contribution in [3.05, 3.63) is 120 Å². The number of hydrogen-bond donors (Lipinski definition) is 0. The topological polar surface area (TPSA) is 18.5 Å². The average Bonchev–Trinajstić information content (AvgIpc) is 2.81. The fourth-order valence-corrected chi connectivity index (χ4v) is 3.61. The molecule has 4 aromatic rings. The van der Waals surface area contributed by atoms with Gasteiger partial charge in [-0.15, -0.1) is 0 Å². The molecule has 0 aliphatic carbocycles. The highest BCUT2D eigenvalue weighted by Crippen LogP contribution is 2.37. The summed E-state index contributed by atoms with van der Waals surface area (Å²) in [4.78, 5) is 0. The molecular weight excluding hydrogens is 368 g/mol. The molecule has 2 heteroatoms. The zero-order valence-corrected chi connectivity index (χ0v) is 17.4. The molecule has 0 fully saturated rings. The smallest absolute Gasteiger partial charge is 0.127 e. The lowest BCUT2D eigenvalue weighted by Gasteiger charge is -2.30.